The second kappa shape index (κ2) is 9.85. The van der Waals surface area contributed by atoms with E-state index in [4.69, 9.17) is 25.8 Å². The normalized spacial score (nSPS) is 11.3. The van der Waals surface area contributed by atoms with Gasteiger partial charge in [-0.25, -0.2) is 4.98 Å². The highest BCUT2D eigenvalue weighted by atomic mass is 35.5. The molecule has 0 spiro atoms. The largest absolute Gasteiger partial charge is 0.494 e. The van der Waals surface area contributed by atoms with Gasteiger partial charge in [0.05, 0.1) is 23.4 Å². The number of aromatic nitrogens is 4. The second-order valence-electron chi connectivity index (χ2n) is 7.73. The third kappa shape index (κ3) is 4.71. The topological polar surface area (TPSA) is 83.0 Å². The standard InChI is InChI=1S/C25H21ClN4O3S2/c1-4-32-19-11-5-16(6-12-19)22-27-20(33-29-22)13-34-25-28-23-21(14(2)15(3)35-23)24(31)30(25)18-9-7-17(26)8-10-18/h5-12H,4,13H2,1-3H3. The van der Waals surface area contributed by atoms with E-state index < -0.39 is 0 Å². The van der Waals surface area contributed by atoms with E-state index in [9.17, 15) is 4.79 Å². The zero-order valence-corrected chi connectivity index (χ0v) is 21.6. The van der Waals surface area contributed by atoms with E-state index >= 15 is 0 Å². The molecule has 178 valence electrons. The second-order valence-corrected chi connectivity index (χ2v) is 10.3. The van der Waals surface area contributed by atoms with Crippen molar-refractivity contribution in [3.63, 3.8) is 0 Å². The van der Waals surface area contributed by atoms with Crippen LogP contribution < -0.4 is 10.3 Å². The minimum atomic E-state index is -0.109. The Hall–Kier alpha value is -3.14. The molecule has 0 fully saturated rings. The van der Waals surface area contributed by atoms with Crippen LogP contribution in [0.2, 0.25) is 5.02 Å². The van der Waals surface area contributed by atoms with Crippen LogP contribution in [0.1, 0.15) is 23.3 Å². The minimum absolute atomic E-state index is 0.109. The van der Waals surface area contributed by atoms with Crippen LogP contribution in [0.25, 0.3) is 27.3 Å². The lowest BCUT2D eigenvalue weighted by atomic mass is 10.2. The molecule has 3 heterocycles. The summed E-state index contributed by atoms with van der Waals surface area (Å²) >= 11 is 8.97. The maximum absolute atomic E-state index is 13.6. The van der Waals surface area contributed by atoms with Crippen LogP contribution in [0.5, 0.6) is 5.75 Å². The van der Waals surface area contributed by atoms with E-state index in [2.05, 4.69) is 10.1 Å². The summed E-state index contributed by atoms with van der Waals surface area (Å²) in [5.74, 6) is 2.08. The van der Waals surface area contributed by atoms with E-state index in [0.717, 1.165) is 26.6 Å². The number of fused-ring (bicyclic) bond motifs is 1. The number of rotatable bonds is 7. The van der Waals surface area contributed by atoms with Gasteiger partial charge in [0.1, 0.15) is 10.6 Å². The van der Waals surface area contributed by atoms with Crippen LogP contribution in [0.15, 0.2) is 63.0 Å². The van der Waals surface area contributed by atoms with Crippen molar-refractivity contribution >= 4 is 44.9 Å². The number of thioether (sulfide) groups is 1. The zero-order valence-electron chi connectivity index (χ0n) is 19.2. The first-order valence-electron chi connectivity index (χ1n) is 10.9. The van der Waals surface area contributed by atoms with Crippen LogP contribution in [0.4, 0.5) is 0 Å². The first-order chi connectivity index (χ1) is 16.9. The molecule has 0 amide bonds. The molecule has 0 saturated carbocycles. The minimum Gasteiger partial charge on any atom is -0.494 e. The Morgan fingerprint density at radius 3 is 2.54 bits per heavy atom. The maximum atomic E-state index is 13.6. The molecule has 0 aliphatic rings. The predicted octanol–water partition coefficient (Wildman–Crippen LogP) is 6.46. The highest BCUT2D eigenvalue weighted by molar-refractivity contribution is 7.98. The molecule has 0 atom stereocenters. The van der Waals surface area contributed by atoms with Gasteiger partial charge in [0.15, 0.2) is 5.16 Å². The van der Waals surface area contributed by atoms with Gasteiger partial charge in [-0.1, -0.05) is 28.5 Å². The van der Waals surface area contributed by atoms with E-state index in [-0.39, 0.29) is 5.56 Å². The molecule has 0 N–H and O–H groups in total. The molecule has 10 heteroatoms. The number of halogens is 1. The van der Waals surface area contributed by atoms with Crippen molar-refractivity contribution in [3.05, 3.63) is 80.2 Å². The third-order valence-corrected chi connectivity index (χ3v) is 7.75. The number of aryl methyl sites for hydroxylation is 2. The van der Waals surface area contributed by atoms with Gasteiger partial charge >= 0.3 is 0 Å². The van der Waals surface area contributed by atoms with Crippen molar-refractivity contribution in [3.8, 4) is 22.8 Å². The Labute approximate surface area is 214 Å². The van der Waals surface area contributed by atoms with Gasteiger partial charge in [0.25, 0.3) is 5.56 Å². The highest BCUT2D eigenvalue weighted by Gasteiger charge is 2.19. The Kier molecular flexibility index (Phi) is 6.64. The highest BCUT2D eigenvalue weighted by Crippen LogP contribution is 2.31. The van der Waals surface area contributed by atoms with Crippen molar-refractivity contribution in [1.29, 1.82) is 0 Å². The van der Waals surface area contributed by atoms with Crippen molar-refractivity contribution in [1.82, 2.24) is 19.7 Å². The smallest absolute Gasteiger partial charge is 0.267 e. The van der Waals surface area contributed by atoms with Gasteiger partial charge in [-0.15, -0.1) is 11.3 Å². The number of thiophene rings is 1. The van der Waals surface area contributed by atoms with Gasteiger partial charge in [0, 0.05) is 15.5 Å². The molecule has 35 heavy (non-hydrogen) atoms. The molecule has 0 aliphatic heterocycles. The van der Waals surface area contributed by atoms with Crippen LogP contribution in [-0.2, 0) is 5.75 Å². The molecule has 3 aromatic heterocycles. The Bertz CT molecular complexity index is 1560. The molecule has 0 radical (unpaired) electrons. The summed E-state index contributed by atoms with van der Waals surface area (Å²) in [5, 5.41) is 5.89. The first-order valence-corrected chi connectivity index (χ1v) is 13.1. The molecular formula is C25H21ClN4O3S2. The molecule has 5 aromatic rings. The average molecular weight is 525 g/mol. The SMILES string of the molecule is CCOc1ccc(-c2noc(CSc3nc4sc(C)c(C)c4c(=O)n3-c3ccc(Cl)cc3)n2)cc1. The quantitative estimate of drug-likeness (QED) is 0.178. The number of ether oxygens (including phenoxy) is 1. The number of hydrogen-bond acceptors (Lipinski definition) is 8. The number of nitrogens with zero attached hydrogens (tertiary/aromatic N) is 4. The van der Waals surface area contributed by atoms with Gasteiger partial charge in [-0.2, -0.15) is 4.98 Å². The van der Waals surface area contributed by atoms with Gasteiger partial charge < -0.3 is 9.26 Å². The molecular weight excluding hydrogens is 504 g/mol. The van der Waals surface area contributed by atoms with Gasteiger partial charge in [0.2, 0.25) is 11.7 Å². The Morgan fingerprint density at radius 2 is 1.83 bits per heavy atom. The molecule has 0 aliphatic carbocycles. The van der Waals surface area contributed by atoms with Crippen LogP contribution >= 0.6 is 34.7 Å². The van der Waals surface area contributed by atoms with Gasteiger partial charge in [-0.05, 0) is 74.9 Å². The van der Waals surface area contributed by atoms with Crippen LogP contribution in [-0.4, -0.2) is 26.3 Å². The van der Waals surface area contributed by atoms with Crippen molar-refractivity contribution in [2.24, 2.45) is 0 Å². The Morgan fingerprint density at radius 1 is 1.09 bits per heavy atom. The monoisotopic (exact) mass is 524 g/mol. The Balaban J connectivity index is 1.47. The fourth-order valence-electron chi connectivity index (χ4n) is 3.61. The van der Waals surface area contributed by atoms with Crippen molar-refractivity contribution in [2.75, 3.05) is 6.61 Å². The molecule has 2 aromatic carbocycles. The summed E-state index contributed by atoms with van der Waals surface area (Å²) in [4.78, 5) is 24.7. The summed E-state index contributed by atoms with van der Waals surface area (Å²) in [6, 6.07) is 14.7. The van der Waals surface area contributed by atoms with Crippen LogP contribution in [0, 0.1) is 13.8 Å². The molecule has 0 unspecified atom stereocenters. The van der Waals surface area contributed by atoms with E-state index in [1.54, 1.807) is 16.7 Å². The molecule has 7 nitrogen and oxygen atoms in total. The fraction of sp³-hybridized carbons (Fsp3) is 0.200. The molecule has 0 saturated heterocycles. The summed E-state index contributed by atoms with van der Waals surface area (Å²) in [5.41, 5.74) is 2.37. The number of hydrogen-bond donors (Lipinski definition) is 0. The lowest BCUT2D eigenvalue weighted by Gasteiger charge is -2.11. The summed E-state index contributed by atoms with van der Waals surface area (Å²) in [6.07, 6.45) is 0. The summed E-state index contributed by atoms with van der Waals surface area (Å²) < 4.78 is 12.6. The average Bonchev–Trinajstić information content (AvgIpc) is 3.44. The number of benzene rings is 2. The molecule has 0 bridgehead atoms. The van der Waals surface area contributed by atoms with Crippen molar-refractivity contribution in [2.45, 2.75) is 31.7 Å². The summed E-state index contributed by atoms with van der Waals surface area (Å²) in [7, 11) is 0. The fourth-order valence-corrected chi connectivity index (χ4v) is 5.66. The van der Waals surface area contributed by atoms with Crippen LogP contribution in [0.3, 0.4) is 0 Å². The van der Waals surface area contributed by atoms with E-state index in [1.165, 1.54) is 23.1 Å². The zero-order chi connectivity index (χ0) is 24.5. The predicted molar refractivity (Wildman–Crippen MR) is 140 cm³/mol. The molecule has 5 rings (SSSR count). The lowest BCUT2D eigenvalue weighted by Crippen LogP contribution is -2.21. The van der Waals surface area contributed by atoms with E-state index in [0.29, 0.717) is 45.3 Å². The lowest BCUT2D eigenvalue weighted by molar-refractivity contribution is 0.340. The van der Waals surface area contributed by atoms with E-state index in [1.807, 2.05) is 57.2 Å². The summed E-state index contributed by atoms with van der Waals surface area (Å²) in [6.45, 7) is 6.50. The third-order valence-electron chi connectivity index (χ3n) is 5.47. The van der Waals surface area contributed by atoms with Gasteiger partial charge in [-0.3, -0.25) is 9.36 Å². The van der Waals surface area contributed by atoms with Crippen molar-refractivity contribution < 1.29 is 9.26 Å². The first kappa shape index (κ1) is 23.6. The maximum Gasteiger partial charge on any atom is 0.267 e.